The number of hydrogen-bond donors (Lipinski definition) is 1. The molecule has 4 heteroatoms. The summed E-state index contributed by atoms with van der Waals surface area (Å²) in [7, 11) is 0. The lowest BCUT2D eigenvalue weighted by Crippen LogP contribution is -2.04. The van der Waals surface area contributed by atoms with Gasteiger partial charge >= 0.3 is 0 Å². The Bertz CT molecular complexity index is 305. The summed E-state index contributed by atoms with van der Waals surface area (Å²) in [5.41, 5.74) is 2.30. The van der Waals surface area contributed by atoms with Crippen LogP contribution in [-0.4, -0.2) is 27.8 Å². The molecule has 0 atom stereocenters. The van der Waals surface area contributed by atoms with Crippen molar-refractivity contribution in [1.29, 1.82) is 0 Å². The van der Waals surface area contributed by atoms with Gasteiger partial charge in [-0.1, -0.05) is 0 Å². The molecule has 1 aromatic rings. The summed E-state index contributed by atoms with van der Waals surface area (Å²) >= 11 is 0. The van der Waals surface area contributed by atoms with Crippen molar-refractivity contribution in [1.82, 2.24) is 9.78 Å². The van der Waals surface area contributed by atoms with Crippen LogP contribution < -0.4 is 0 Å². The average molecular weight is 182 g/mol. The molecule has 0 unspecified atom stereocenters. The number of carbonyl (C=O) groups excluding carboxylic acids is 1. The van der Waals surface area contributed by atoms with Crippen LogP contribution in [0.15, 0.2) is 0 Å². The summed E-state index contributed by atoms with van der Waals surface area (Å²) in [5.74, 6) is 0. The van der Waals surface area contributed by atoms with Crippen molar-refractivity contribution in [2.24, 2.45) is 0 Å². The Morgan fingerprint density at radius 2 is 2.23 bits per heavy atom. The molecule has 0 bridgehead atoms. The number of rotatable bonds is 4. The number of carbonyl (C=O) groups is 1. The number of nitrogens with zero attached hydrogens (tertiary/aromatic N) is 2. The van der Waals surface area contributed by atoms with Crippen molar-refractivity contribution in [3.8, 4) is 0 Å². The van der Waals surface area contributed by atoms with Crippen LogP contribution in [0.2, 0.25) is 0 Å². The minimum absolute atomic E-state index is 0.148. The maximum Gasteiger partial charge on any atom is 0.153 e. The van der Waals surface area contributed by atoms with Crippen LogP contribution in [0.5, 0.6) is 0 Å². The molecular formula is C9H14N2O2. The molecule has 72 valence electrons. The van der Waals surface area contributed by atoms with Crippen LogP contribution in [0, 0.1) is 13.8 Å². The van der Waals surface area contributed by atoms with Crippen LogP contribution in [0.4, 0.5) is 0 Å². The molecule has 0 radical (unpaired) electrons. The molecule has 1 heterocycles. The monoisotopic (exact) mass is 182 g/mol. The van der Waals surface area contributed by atoms with Gasteiger partial charge in [0, 0.05) is 18.8 Å². The molecule has 0 saturated carbocycles. The highest BCUT2D eigenvalue weighted by Crippen LogP contribution is 2.10. The van der Waals surface area contributed by atoms with Crippen LogP contribution in [-0.2, 0) is 6.54 Å². The fraction of sp³-hybridized carbons (Fsp3) is 0.556. The fourth-order valence-corrected chi connectivity index (χ4v) is 1.32. The second-order valence-electron chi connectivity index (χ2n) is 3.00. The predicted octanol–water partition coefficient (Wildman–Crippen LogP) is 0.695. The predicted molar refractivity (Wildman–Crippen MR) is 48.8 cm³/mol. The molecule has 0 aliphatic rings. The second-order valence-corrected chi connectivity index (χ2v) is 3.00. The van der Waals surface area contributed by atoms with E-state index in [1.807, 2.05) is 13.8 Å². The van der Waals surface area contributed by atoms with E-state index in [-0.39, 0.29) is 6.61 Å². The third kappa shape index (κ3) is 1.95. The maximum atomic E-state index is 10.6. The van der Waals surface area contributed by atoms with E-state index >= 15 is 0 Å². The van der Waals surface area contributed by atoms with Gasteiger partial charge in [0.2, 0.25) is 0 Å². The number of aromatic nitrogens is 2. The first-order valence-electron chi connectivity index (χ1n) is 4.30. The SMILES string of the molecule is Cc1nn(CCCO)c(C)c1C=O. The van der Waals surface area contributed by atoms with E-state index in [0.29, 0.717) is 18.5 Å². The van der Waals surface area contributed by atoms with E-state index in [1.165, 1.54) is 0 Å². The first kappa shape index (κ1) is 9.92. The smallest absolute Gasteiger partial charge is 0.153 e. The van der Waals surface area contributed by atoms with Crippen molar-refractivity contribution in [3.63, 3.8) is 0 Å². The van der Waals surface area contributed by atoms with Gasteiger partial charge in [-0.05, 0) is 20.3 Å². The zero-order valence-electron chi connectivity index (χ0n) is 7.95. The Morgan fingerprint density at radius 1 is 1.54 bits per heavy atom. The van der Waals surface area contributed by atoms with Crippen molar-refractivity contribution in [3.05, 3.63) is 17.0 Å². The largest absolute Gasteiger partial charge is 0.396 e. The number of hydrogen-bond acceptors (Lipinski definition) is 3. The van der Waals surface area contributed by atoms with Gasteiger partial charge in [0.25, 0.3) is 0 Å². The van der Waals surface area contributed by atoms with E-state index in [4.69, 9.17) is 5.11 Å². The molecule has 0 aliphatic carbocycles. The summed E-state index contributed by atoms with van der Waals surface area (Å²) in [5, 5.41) is 12.8. The lowest BCUT2D eigenvalue weighted by Gasteiger charge is -2.01. The summed E-state index contributed by atoms with van der Waals surface area (Å²) in [6, 6.07) is 0. The zero-order chi connectivity index (χ0) is 9.84. The Labute approximate surface area is 77.2 Å². The van der Waals surface area contributed by atoms with Crippen LogP contribution in [0.3, 0.4) is 0 Å². The van der Waals surface area contributed by atoms with Crippen molar-refractivity contribution in [2.75, 3.05) is 6.61 Å². The molecule has 0 aliphatic heterocycles. The fourth-order valence-electron chi connectivity index (χ4n) is 1.32. The van der Waals surface area contributed by atoms with Gasteiger partial charge in [0.15, 0.2) is 6.29 Å². The maximum absolute atomic E-state index is 10.6. The molecule has 0 aromatic carbocycles. The van der Waals surface area contributed by atoms with E-state index in [2.05, 4.69) is 5.10 Å². The van der Waals surface area contributed by atoms with E-state index in [1.54, 1.807) is 4.68 Å². The van der Waals surface area contributed by atoms with Gasteiger partial charge in [-0.25, -0.2) is 0 Å². The molecule has 0 amide bonds. The topological polar surface area (TPSA) is 55.1 Å². The Balaban J connectivity index is 2.90. The molecule has 1 aromatic heterocycles. The first-order valence-corrected chi connectivity index (χ1v) is 4.30. The summed E-state index contributed by atoms with van der Waals surface area (Å²) in [4.78, 5) is 10.6. The number of aryl methyl sites for hydroxylation is 2. The molecule has 0 spiro atoms. The van der Waals surface area contributed by atoms with Gasteiger partial charge in [0.1, 0.15) is 0 Å². The van der Waals surface area contributed by atoms with Crippen molar-refractivity contribution >= 4 is 6.29 Å². The van der Waals surface area contributed by atoms with Gasteiger partial charge < -0.3 is 5.11 Å². The lowest BCUT2D eigenvalue weighted by molar-refractivity contribution is 0.112. The van der Waals surface area contributed by atoms with Gasteiger partial charge in [0.05, 0.1) is 11.3 Å². The number of aliphatic hydroxyl groups excluding tert-OH is 1. The molecule has 1 rings (SSSR count). The quantitative estimate of drug-likeness (QED) is 0.697. The van der Waals surface area contributed by atoms with E-state index < -0.39 is 0 Å². The number of aldehydes is 1. The standard InChI is InChI=1S/C9H14N2O2/c1-7-9(6-13)8(2)11(10-7)4-3-5-12/h6,12H,3-5H2,1-2H3. The molecule has 0 fully saturated rings. The average Bonchev–Trinajstić information content (AvgIpc) is 2.38. The van der Waals surface area contributed by atoms with Crippen LogP contribution in [0.1, 0.15) is 28.2 Å². The van der Waals surface area contributed by atoms with Crippen LogP contribution in [0.25, 0.3) is 0 Å². The third-order valence-corrected chi connectivity index (χ3v) is 2.08. The summed E-state index contributed by atoms with van der Waals surface area (Å²) in [6.45, 7) is 4.49. The van der Waals surface area contributed by atoms with E-state index in [0.717, 1.165) is 17.7 Å². The minimum Gasteiger partial charge on any atom is -0.396 e. The lowest BCUT2D eigenvalue weighted by atomic mass is 10.2. The third-order valence-electron chi connectivity index (χ3n) is 2.08. The summed E-state index contributed by atoms with van der Waals surface area (Å²) < 4.78 is 1.76. The van der Waals surface area contributed by atoms with Gasteiger partial charge in [-0.15, -0.1) is 0 Å². The number of aliphatic hydroxyl groups is 1. The highest BCUT2D eigenvalue weighted by Gasteiger charge is 2.09. The molecule has 0 saturated heterocycles. The Kier molecular flexibility index (Phi) is 3.19. The van der Waals surface area contributed by atoms with Crippen molar-refractivity contribution in [2.45, 2.75) is 26.8 Å². The van der Waals surface area contributed by atoms with Gasteiger partial charge in [-0.2, -0.15) is 5.10 Å². The van der Waals surface area contributed by atoms with Crippen LogP contribution >= 0.6 is 0 Å². The highest BCUT2D eigenvalue weighted by molar-refractivity contribution is 5.77. The van der Waals surface area contributed by atoms with E-state index in [9.17, 15) is 4.79 Å². The van der Waals surface area contributed by atoms with Gasteiger partial charge in [-0.3, -0.25) is 9.48 Å². The second kappa shape index (κ2) is 4.18. The summed E-state index contributed by atoms with van der Waals surface area (Å²) in [6.07, 6.45) is 1.49. The molecule has 4 nitrogen and oxygen atoms in total. The Hall–Kier alpha value is -1.16. The Morgan fingerprint density at radius 3 is 2.69 bits per heavy atom. The zero-order valence-corrected chi connectivity index (χ0v) is 7.95. The first-order chi connectivity index (χ1) is 6.20. The molecule has 13 heavy (non-hydrogen) atoms. The minimum atomic E-state index is 0.148. The molecular weight excluding hydrogens is 168 g/mol. The normalized spacial score (nSPS) is 10.4. The van der Waals surface area contributed by atoms with Crippen molar-refractivity contribution < 1.29 is 9.90 Å². The highest BCUT2D eigenvalue weighted by atomic mass is 16.3. The molecule has 1 N–H and O–H groups in total.